The number of amides is 1. The third-order valence-electron chi connectivity index (χ3n) is 3.21. The van der Waals surface area contributed by atoms with Crippen LogP contribution < -0.4 is 11.3 Å². The van der Waals surface area contributed by atoms with Crippen LogP contribution in [0.4, 0.5) is 0 Å². The summed E-state index contributed by atoms with van der Waals surface area (Å²) in [6.07, 6.45) is 0.594. The van der Waals surface area contributed by atoms with E-state index in [9.17, 15) is 9.90 Å². The molecular formula is C11H18N4O2S. The van der Waals surface area contributed by atoms with Gasteiger partial charge in [-0.3, -0.25) is 15.1 Å². The molecule has 1 saturated heterocycles. The topological polar surface area (TPSA) is 91.5 Å². The number of piperidine rings is 1. The summed E-state index contributed by atoms with van der Waals surface area (Å²) < 4.78 is 0. The number of nitrogens with one attached hydrogen (secondary N) is 1. The van der Waals surface area contributed by atoms with E-state index in [2.05, 4.69) is 15.3 Å². The lowest BCUT2D eigenvalue weighted by molar-refractivity contribution is 0.0316. The predicted molar refractivity (Wildman–Crippen MR) is 68.8 cm³/mol. The fourth-order valence-electron chi connectivity index (χ4n) is 2.14. The number of carbonyl (C=O) groups is 1. The molecule has 0 aromatic carbocycles. The van der Waals surface area contributed by atoms with Gasteiger partial charge in [0.15, 0.2) is 5.01 Å². The molecule has 1 amide bonds. The second-order valence-electron chi connectivity index (χ2n) is 4.69. The maximum atomic E-state index is 11.3. The van der Waals surface area contributed by atoms with E-state index in [0.29, 0.717) is 11.6 Å². The van der Waals surface area contributed by atoms with Crippen molar-refractivity contribution in [2.24, 2.45) is 11.8 Å². The van der Waals surface area contributed by atoms with Gasteiger partial charge in [-0.15, -0.1) is 11.3 Å². The molecule has 0 saturated carbocycles. The molecule has 2 rings (SSSR count). The summed E-state index contributed by atoms with van der Waals surface area (Å²) in [5.74, 6) is 4.99. The molecule has 0 radical (unpaired) electrons. The normalized spacial score (nSPS) is 25.1. The van der Waals surface area contributed by atoms with Crippen molar-refractivity contribution >= 4 is 17.2 Å². The van der Waals surface area contributed by atoms with E-state index in [4.69, 9.17) is 5.84 Å². The molecule has 0 spiro atoms. The molecular weight excluding hydrogens is 252 g/mol. The molecule has 7 heteroatoms. The Morgan fingerprint density at radius 3 is 3.22 bits per heavy atom. The Kier molecular flexibility index (Phi) is 4.28. The van der Waals surface area contributed by atoms with Crippen molar-refractivity contribution in [2.75, 3.05) is 13.1 Å². The number of aliphatic hydroxyl groups excluding tert-OH is 1. The van der Waals surface area contributed by atoms with Gasteiger partial charge in [0.25, 0.3) is 5.91 Å². The zero-order valence-electron chi connectivity index (χ0n) is 10.3. The Labute approximate surface area is 110 Å². The number of likely N-dealkylation sites (tertiary alicyclic amines) is 1. The maximum absolute atomic E-state index is 11.3. The molecule has 1 aromatic rings. The highest BCUT2D eigenvalue weighted by Gasteiger charge is 2.24. The molecule has 1 aromatic heterocycles. The number of carbonyl (C=O) groups excluding carboxylic acids is 1. The van der Waals surface area contributed by atoms with Gasteiger partial charge in [-0.05, 0) is 12.3 Å². The summed E-state index contributed by atoms with van der Waals surface area (Å²) in [6.45, 7) is 4.48. The van der Waals surface area contributed by atoms with Gasteiger partial charge in [0.05, 0.1) is 11.8 Å². The van der Waals surface area contributed by atoms with Crippen LogP contribution in [-0.4, -0.2) is 40.1 Å². The van der Waals surface area contributed by atoms with Crippen LogP contribution in [0.25, 0.3) is 0 Å². The minimum Gasteiger partial charge on any atom is -0.393 e. The number of nitrogens with zero attached hydrogens (tertiary/aromatic N) is 2. The molecule has 1 aliphatic rings. The number of nitrogen functional groups attached to an aromatic ring is 1. The number of hydrogen-bond donors (Lipinski definition) is 3. The van der Waals surface area contributed by atoms with Gasteiger partial charge in [0, 0.05) is 25.0 Å². The quantitative estimate of drug-likeness (QED) is 0.407. The highest BCUT2D eigenvalue weighted by molar-refractivity contribution is 7.11. The zero-order valence-corrected chi connectivity index (χ0v) is 11.1. The number of aromatic nitrogens is 1. The molecule has 100 valence electrons. The molecule has 2 atom stereocenters. The lowest BCUT2D eigenvalue weighted by atomic mass is 9.97. The molecule has 6 nitrogen and oxygen atoms in total. The van der Waals surface area contributed by atoms with E-state index in [0.717, 1.165) is 25.2 Å². The highest BCUT2D eigenvalue weighted by atomic mass is 32.1. The second kappa shape index (κ2) is 5.75. The largest absolute Gasteiger partial charge is 0.393 e. The van der Waals surface area contributed by atoms with Gasteiger partial charge in [-0.1, -0.05) is 6.92 Å². The van der Waals surface area contributed by atoms with Crippen molar-refractivity contribution in [3.63, 3.8) is 0 Å². The van der Waals surface area contributed by atoms with Crippen molar-refractivity contribution < 1.29 is 9.90 Å². The van der Waals surface area contributed by atoms with Crippen LogP contribution in [0.1, 0.15) is 28.8 Å². The maximum Gasteiger partial charge on any atom is 0.294 e. The Morgan fingerprint density at radius 1 is 1.78 bits per heavy atom. The molecule has 18 heavy (non-hydrogen) atoms. The number of hydrazine groups is 1. The van der Waals surface area contributed by atoms with Gasteiger partial charge in [0.2, 0.25) is 0 Å². The van der Waals surface area contributed by atoms with Crippen molar-refractivity contribution in [2.45, 2.75) is 26.0 Å². The minimum atomic E-state index is -0.353. The van der Waals surface area contributed by atoms with E-state index in [1.54, 1.807) is 0 Å². The van der Waals surface area contributed by atoms with E-state index in [1.807, 2.05) is 12.3 Å². The van der Waals surface area contributed by atoms with Gasteiger partial charge in [0.1, 0.15) is 0 Å². The second-order valence-corrected chi connectivity index (χ2v) is 5.54. The minimum absolute atomic E-state index is 0.199. The van der Waals surface area contributed by atoms with Crippen molar-refractivity contribution in [3.8, 4) is 0 Å². The molecule has 1 aliphatic heterocycles. The van der Waals surface area contributed by atoms with Gasteiger partial charge < -0.3 is 5.11 Å². The van der Waals surface area contributed by atoms with Crippen LogP contribution in [0, 0.1) is 5.92 Å². The lowest BCUT2D eigenvalue weighted by Crippen LogP contribution is -2.41. The van der Waals surface area contributed by atoms with Crippen molar-refractivity contribution in [3.05, 3.63) is 16.1 Å². The standard InChI is InChI=1S/C11H18N4O2S/c1-7-4-15(3-2-9(7)16)5-8-6-18-11(13-8)10(17)14-12/h6-7,9,16H,2-5,12H2,1H3,(H,14,17). The first-order valence-corrected chi connectivity index (χ1v) is 6.84. The van der Waals surface area contributed by atoms with Crippen LogP contribution in [0.3, 0.4) is 0 Å². The molecule has 1 fully saturated rings. The fraction of sp³-hybridized carbons (Fsp3) is 0.636. The third kappa shape index (κ3) is 3.05. The first kappa shape index (κ1) is 13.4. The number of hydrogen-bond acceptors (Lipinski definition) is 6. The molecule has 2 heterocycles. The van der Waals surface area contributed by atoms with Crippen LogP contribution in [0.2, 0.25) is 0 Å². The number of nitrogens with two attached hydrogens (primary N) is 1. The van der Waals surface area contributed by atoms with Crippen LogP contribution >= 0.6 is 11.3 Å². The Balaban J connectivity index is 1.93. The van der Waals surface area contributed by atoms with Crippen LogP contribution in [0.5, 0.6) is 0 Å². The summed E-state index contributed by atoms with van der Waals surface area (Å²) in [6, 6.07) is 0. The monoisotopic (exact) mass is 270 g/mol. The van der Waals surface area contributed by atoms with Crippen LogP contribution in [-0.2, 0) is 6.54 Å². The molecule has 0 aliphatic carbocycles. The van der Waals surface area contributed by atoms with Gasteiger partial charge in [-0.2, -0.15) is 0 Å². The Hall–Kier alpha value is -1.02. The highest BCUT2D eigenvalue weighted by Crippen LogP contribution is 2.19. The smallest absolute Gasteiger partial charge is 0.294 e. The first-order valence-electron chi connectivity index (χ1n) is 5.96. The lowest BCUT2D eigenvalue weighted by Gasteiger charge is -2.33. The number of thiazole rings is 1. The van der Waals surface area contributed by atoms with Crippen molar-refractivity contribution in [1.29, 1.82) is 0 Å². The Bertz CT molecular complexity index is 423. The van der Waals surface area contributed by atoms with Gasteiger partial charge in [-0.25, -0.2) is 10.8 Å². The van der Waals surface area contributed by atoms with Crippen molar-refractivity contribution in [1.82, 2.24) is 15.3 Å². The summed E-state index contributed by atoms with van der Waals surface area (Å²) >= 11 is 1.29. The predicted octanol–water partition coefficient (Wildman–Crippen LogP) is -0.0507. The van der Waals surface area contributed by atoms with E-state index < -0.39 is 0 Å². The third-order valence-corrected chi connectivity index (χ3v) is 4.10. The van der Waals surface area contributed by atoms with E-state index in [-0.39, 0.29) is 17.9 Å². The van der Waals surface area contributed by atoms with Crippen LogP contribution in [0.15, 0.2) is 5.38 Å². The average molecular weight is 270 g/mol. The average Bonchev–Trinajstić information content (AvgIpc) is 2.81. The first-order chi connectivity index (χ1) is 8.60. The number of aliphatic hydroxyl groups is 1. The fourth-order valence-corrected chi connectivity index (χ4v) is 2.85. The Morgan fingerprint density at radius 2 is 2.56 bits per heavy atom. The number of rotatable bonds is 3. The van der Waals surface area contributed by atoms with Gasteiger partial charge >= 0.3 is 0 Å². The summed E-state index contributed by atoms with van der Waals surface area (Å²) in [7, 11) is 0. The molecule has 0 bridgehead atoms. The SMILES string of the molecule is CC1CN(Cc2csc(C(=O)NN)n2)CCC1O. The zero-order chi connectivity index (χ0) is 13.1. The summed E-state index contributed by atoms with van der Waals surface area (Å²) in [5, 5.41) is 11.9. The summed E-state index contributed by atoms with van der Waals surface area (Å²) in [4.78, 5) is 17.8. The van der Waals surface area contributed by atoms with E-state index in [1.165, 1.54) is 11.3 Å². The molecule has 4 N–H and O–H groups in total. The molecule has 2 unspecified atom stereocenters. The summed E-state index contributed by atoms with van der Waals surface area (Å²) in [5.41, 5.74) is 2.95. The van der Waals surface area contributed by atoms with E-state index >= 15 is 0 Å².